The highest BCUT2D eigenvalue weighted by molar-refractivity contribution is 5.17. The van der Waals surface area contributed by atoms with Crippen LogP contribution in [0.25, 0.3) is 0 Å². The van der Waals surface area contributed by atoms with Crippen LogP contribution in [0.1, 0.15) is 49.2 Å². The molecule has 0 spiro atoms. The van der Waals surface area contributed by atoms with E-state index in [4.69, 9.17) is 15.0 Å². The van der Waals surface area contributed by atoms with Crippen molar-refractivity contribution in [3.05, 3.63) is 29.7 Å². The lowest BCUT2D eigenvalue weighted by molar-refractivity contribution is 0.0384. The Hall–Kier alpha value is -1.73. The van der Waals surface area contributed by atoms with Crippen molar-refractivity contribution in [1.29, 1.82) is 0 Å². The van der Waals surface area contributed by atoms with Gasteiger partial charge in [0.1, 0.15) is 12.1 Å². The van der Waals surface area contributed by atoms with Crippen LogP contribution in [0.2, 0.25) is 0 Å². The monoisotopic (exact) mass is 277 g/mol. The zero-order chi connectivity index (χ0) is 14.1. The molecule has 0 radical (unpaired) electrons. The number of nitrogens with two attached hydrogens (primary N) is 1. The molecule has 0 aliphatic heterocycles. The van der Waals surface area contributed by atoms with E-state index in [1.54, 1.807) is 10.9 Å². The second-order valence-corrected chi connectivity index (χ2v) is 5.13. The fourth-order valence-corrected chi connectivity index (χ4v) is 2.23. The second kappa shape index (κ2) is 5.34. The highest BCUT2D eigenvalue weighted by Gasteiger charge is 2.36. The topological polar surface area (TPSA) is 92.0 Å². The van der Waals surface area contributed by atoms with Gasteiger partial charge in [0.15, 0.2) is 0 Å². The summed E-state index contributed by atoms with van der Waals surface area (Å²) < 4.78 is 12.7. The first-order chi connectivity index (χ1) is 9.69. The third-order valence-electron chi connectivity index (χ3n) is 3.46. The summed E-state index contributed by atoms with van der Waals surface area (Å²) in [6.45, 7) is 2.61. The zero-order valence-electron chi connectivity index (χ0n) is 11.7. The van der Waals surface area contributed by atoms with Crippen molar-refractivity contribution in [2.75, 3.05) is 6.61 Å². The van der Waals surface area contributed by atoms with Crippen molar-refractivity contribution < 1.29 is 9.26 Å². The van der Waals surface area contributed by atoms with Gasteiger partial charge in [0.05, 0.1) is 6.20 Å². The average Bonchev–Trinajstić information content (AvgIpc) is 2.99. The molecule has 7 nitrogen and oxygen atoms in total. The fourth-order valence-electron chi connectivity index (χ4n) is 2.23. The lowest BCUT2D eigenvalue weighted by atomic mass is 10.2. The third kappa shape index (κ3) is 2.59. The molecule has 2 N–H and O–H groups in total. The average molecular weight is 277 g/mol. The Labute approximate surface area is 117 Å². The number of hydrogen-bond donors (Lipinski definition) is 1. The quantitative estimate of drug-likeness (QED) is 0.856. The molecule has 2 aromatic rings. The lowest BCUT2D eigenvalue weighted by Gasteiger charge is -2.11. The minimum absolute atomic E-state index is 0.0707. The normalized spacial score (nSPS) is 18.1. The van der Waals surface area contributed by atoms with Gasteiger partial charge in [-0.25, -0.2) is 0 Å². The summed E-state index contributed by atoms with van der Waals surface area (Å²) in [6.07, 6.45) is 5.79. The van der Waals surface area contributed by atoms with Crippen molar-refractivity contribution >= 4 is 0 Å². The molecule has 2 aromatic heterocycles. The van der Waals surface area contributed by atoms with Crippen LogP contribution < -0.4 is 5.73 Å². The summed E-state index contributed by atoms with van der Waals surface area (Å²) in [5.41, 5.74) is 6.97. The van der Waals surface area contributed by atoms with Crippen molar-refractivity contribution in [2.24, 2.45) is 18.7 Å². The molecule has 0 saturated heterocycles. The highest BCUT2D eigenvalue weighted by Crippen LogP contribution is 2.42. The van der Waals surface area contributed by atoms with E-state index in [0.717, 1.165) is 18.4 Å². The molecule has 2 heterocycles. The summed E-state index contributed by atoms with van der Waals surface area (Å²) in [7, 11) is 1.84. The van der Waals surface area contributed by atoms with Gasteiger partial charge >= 0.3 is 0 Å². The van der Waals surface area contributed by atoms with E-state index in [-0.39, 0.29) is 6.10 Å². The molecule has 1 aliphatic rings. The van der Waals surface area contributed by atoms with E-state index >= 15 is 0 Å². The molecule has 2 unspecified atom stereocenters. The predicted octanol–water partition coefficient (Wildman–Crippen LogP) is 1.34. The van der Waals surface area contributed by atoms with Gasteiger partial charge in [-0.1, -0.05) is 5.16 Å². The number of ether oxygens (including phenoxy) is 1. The van der Waals surface area contributed by atoms with Crippen LogP contribution in [0.4, 0.5) is 0 Å². The Bertz CT molecular complexity index is 575. The van der Waals surface area contributed by atoms with Gasteiger partial charge < -0.3 is 15.0 Å². The van der Waals surface area contributed by atoms with Crippen molar-refractivity contribution in [2.45, 2.75) is 31.9 Å². The summed E-state index contributed by atoms with van der Waals surface area (Å²) in [5.74, 6) is 1.51. The third-order valence-corrected chi connectivity index (χ3v) is 3.46. The van der Waals surface area contributed by atoms with E-state index < -0.39 is 6.04 Å². The van der Waals surface area contributed by atoms with Crippen LogP contribution in [-0.4, -0.2) is 26.5 Å². The minimum Gasteiger partial charge on any atom is -0.370 e. The summed E-state index contributed by atoms with van der Waals surface area (Å²) in [4.78, 5) is 4.41. The van der Waals surface area contributed by atoms with Gasteiger partial charge in [-0.15, -0.1) is 0 Å². The Kier molecular flexibility index (Phi) is 3.54. The molecule has 20 heavy (non-hydrogen) atoms. The number of aryl methyl sites for hydroxylation is 1. The van der Waals surface area contributed by atoms with Crippen molar-refractivity contribution in [3.63, 3.8) is 0 Å². The molecule has 108 valence electrons. The first-order valence-electron chi connectivity index (χ1n) is 6.88. The smallest absolute Gasteiger partial charge is 0.248 e. The van der Waals surface area contributed by atoms with Crippen LogP contribution >= 0.6 is 0 Å². The molecule has 1 fully saturated rings. The first-order valence-corrected chi connectivity index (χ1v) is 6.88. The van der Waals surface area contributed by atoms with Crippen LogP contribution in [-0.2, 0) is 11.8 Å². The maximum Gasteiger partial charge on any atom is 0.248 e. The molecule has 0 aromatic carbocycles. The van der Waals surface area contributed by atoms with E-state index in [2.05, 4.69) is 15.2 Å². The molecule has 0 amide bonds. The lowest BCUT2D eigenvalue weighted by Crippen LogP contribution is -2.13. The number of nitrogens with zero attached hydrogens (tertiary/aromatic N) is 4. The maximum atomic E-state index is 6.12. The fraction of sp³-hybridized carbons (Fsp3) is 0.615. The van der Waals surface area contributed by atoms with Crippen molar-refractivity contribution in [1.82, 2.24) is 19.9 Å². The summed E-state index contributed by atoms with van der Waals surface area (Å²) in [5, 5.41) is 8.13. The van der Waals surface area contributed by atoms with Crippen LogP contribution in [0.3, 0.4) is 0 Å². The number of hydrogen-bond acceptors (Lipinski definition) is 6. The van der Waals surface area contributed by atoms with Gasteiger partial charge in [-0.05, 0) is 25.7 Å². The number of aromatic nitrogens is 4. The van der Waals surface area contributed by atoms with Gasteiger partial charge in [-0.3, -0.25) is 4.68 Å². The van der Waals surface area contributed by atoms with Crippen LogP contribution in [0, 0.1) is 5.92 Å². The van der Waals surface area contributed by atoms with E-state index in [0.29, 0.717) is 24.2 Å². The standard InChI is InChI=1S/C13H19N5O2/c1-3-19-11(8-4-5-8)12-16-13(20-17-12)10(14)9-6-15-18(2)7-9/h6-8,10-11H,3-5,14H2,1-2H3. The highest BCUT2D eigenvalue weighted by atomic mass is 16.5. The summed E-state index contributed by atoms with van der Waals surface area (Å²) >= 11 is 0. The Morgan fingerprint density at radius 2 is 2.35 bits per heavy atom. The molecule has 1 aliphatic carbocycles. The molecule has 2 atom stereocenters. The Morgan fingerprint density at radius 1 is 1.55 bits per heavy atom. The van der Waals surface area contributed by atoms with Gasteiger partial charge in [-0.2, -0.15) is 10.1 Å². The molecule has 0 bridgehead atoms. The largest absolute Gasteiger partial charge is 0.370 e. The first kappa shape index (κ1) is 13.3. The van der Waals surface area contributed by atoms with E-state index in [9.17, 15) is 0 Å². The molecular weight excluding hydrogens is 258 g/mol. The Balaban J connectivity index is 1.78. The molecular formula is C13H19N5O2. The van der Waals surface area contributed by atoms with Gasteiger partial charge in [0.25, 0.3) is 0 Å². The predicted molar refractivity (Wildman–Crippen MR) is 70.6 cm³/mol. The molecule has 1 saturated carbocycles. The second-order valence-electron chi connectivity index (χ2n) is 5.13. The molecule has 3 rings (SSSR count). The van der Waals surface area contributed by atoms with Crippen LogP contribution in [0.15, 0.2) is 16.9 Å². The minimum atomic E-state index is -0.452. The van der Waals surface area contributed by atoms with E-state index in [1.807, 2.05) is 20.2 Å². The Morgan fingerprint density at radius 3 is 2.95 bits per heavy atom. The zero-order valence-corrected chi connectivity index (χ0v) is 11.7. The van der Waals surface area contributed by atoms with Crippen molar-refractivity contribution in [3.8, 4) is 0 Å². The molecule has 7 heteroatoms. The van der Waals surface area contributed by atoms with Gasteiger partial charge in [0.2, 0.25) is 11.7 Å². The van der Waals surface area contributed by atoms with Gasteiger partial charge in [0, 0.05) is 25.4 Å². The number of rotatable bonds is 6. The van der Waals surface area contributed by atoms with E-state index in [1.165, 1.54) is 0 Å². The maximum absolute atomic E-state index is 6.12. The SMILES string of the molecule is CCOC(c1noc(C(N)c2cnn(C)c2)n1)C1CC1. The van der Waals surface area contributed by atoms with Crippen LogP contribution in [0.5, 0.6) is 0 Å². The summed E-state index contributed by atoms with van der Waals surface area (Å²) in [6, 6.07) is -0.452.